The minimum absolute atomic E-state index is 0.248. The highest BCUT2D eigenvalue weighted by Gasteiger charge is 2.50. The number of thiophene rings is 1. The summed E-state index contributed by atoms with van der Waals surface area (Å²) in [5.41, 5.74) is 1.40. The van der Waals surface area contributed by atoms with Crippen LogP contribution in [0.4, 0.5) is 0 Å². The first-order chi connectivity index (χ1) is 9.11. The molecule has 4 saturated carbocycles. The molecule has 0 saturated heterocycles. The Morgan fingerprint density at radius 3 is 2.21 bits per heavy atom. The third kappa shape index (κ3) is 2.13. The summed E-state index contributed by atoms with van der Waals surface area (Å²) in [6.07, 6.45) is 7.38. The van der Waals surface area contributed by atoms with Crippen molar-refractivity contribution in [2.45, 2.75) is 44.4 Å². The number of alkyl halides is 1. The van der Waals surface area contributed by atoms with Crippen LogP contribution in [0.3, 0.4) is 0 Å². The molecule has 1 atom stereocenters. The van der Waals surface area contributed by atoms with Crippen molar-refractivity contribution in [3.05, 3.63) is 20.3 Å². The molecule has 4 fully saturated rings. The highest BCUT2D eigenvalue weighted by molar-refractivity contribution is 9.11. The Morgan fingerprint density at radius 2 is 1.74 bits per heavy atom. The van der Waals surface area contributed by atoms with Gasteiger partial charge in [0, 0.05) is 4.88 Å². The van der Waals surface area contributed by atoms with Gasteiger partial charge in [-0.15, -0.1) is 22.9 Å². The van der Waals surface area contributed by atoms with Gasteiger partial charge in [-0.2, -0.15) is 0 Å². The van der Waals surface area contributed by atoms with Gasteiger partial charge in [-0.05, 0) is 96.2 Å². The van der Waals surface area contributed by atoms with E-state index in [2.05, 4.69) is 28.9 Å². The maximum atomic E-state index is 6.95. The standard InChI is InChI=1S/C16H20BrClS/c1-8-13(7-14(17)19-8)16(18)15-11-3-9-2-10(5-11)6-12(15)4-9/h7,9-12,15-16H,2-6H2,1H3. The van der Waals surface area contributed by atoms with Gasteiger partial charge in [-0.25, -0.2) is 0 Å². The lowest BCUT2D eigenvalue weighted by Gasteiger charge is -2.55. The van der Waals surface area contributed by atoms with E-state index in [9.17, 15) is 0 Å². The molecule has 5 rings (SSSR count). The molecule has 1 unspecified atom stereocenters. The van der Waals surface area contributed by atoms with Crippen molar-refractivity contribution in [2.24, 2.45) is 29.6 Å². The molecule has 0 radical (unpaired) electrons. The van der Waals surface area contributed by atoms with Crippen LogP contribution in [0.15, 0.2) is 9.85 Å². The second-order valence-electron chi connectivity index (χ2n) is 6.97. The fraction of sp³-hybridized carbons (Fsp3) is 0.750. The van der Waals surface area contributed by atoms with Crippen LogP contribution in [0, 0.1) is 36.5 Å². The maximum Gasteiger partial charge on any atom is 0.0704 e. The Morgan fingerprint density at radius 1 is 1.16 bits per heavy atom. The molecule has 0 spiro atoms. The third-order valence-electron chi connectivity index (χ3n) is 5.86. The van der Waals surface area contributed by atoms with Crippen molar-refractivity contribution >= 4 is 38.9 Å². The van der Waals surface area contributed by atoms with E-state index < -0.39 is 0 Å². The predicted molar refractivity (Wildman–Crippen MR) is 85.9 cm³/mol. The molecule has 0 aromatic carbocycles. The van der Waals surface area contributed by atoms with E-state index in [4.69, 9.17) is 11.6 Å². The Balaban J connectivity index is 1.63. The van der Waals surface area contributed by atoms with Gasteiger partial charge in [0.15, 0.2) is 0 Å². The van der Waals surface area contributed by atoms with Crippen LogP contribution in [0.5, 0.6) is 0 Å². The van der Waals surface area contributed by atoms with Gasteiger partial charge in [-0.3, -0.25) is 0 Å². The molecule has 0 nitrogen and oxygen atoms in total. The maximum absolute atomic E-state index is 6.95. The van der Waals surface area contributed by atoms with Crippen molar-refractivity contribution in [3.8, 4) is 0 Å². The van der Waals surface area contributed by atoms with Crippen molar-refractivity contribution in [2.75, 3.05) is 0 Å². The summed E-state index contributed by atoms with van der Waals surface area (Å²) in [6, 6.07) is 2.27. The molecule has 4 aliphatic rings. The number of hydrogen-bond acceptors (Lipinski definition) is 1. The van der Waals surface area contributed by atoms with Crippen LogP contribution in [0.1, 0.15) is 47.9 Å². The summed E-state index contributed by atoms with van der Waals surface area (Å²) in [7, 11) is 0. The monoisotopic (exact) mass is 358 g/mol. The van der Waals surface area contributed by atoms with Crippen LogP contribution < -0.4 is 0 Å². The zero-order valence-corrected chi connectivity index (χ0v) is 14.4. The third-order valence-corrected chi connectivity index (χ3v) is 7.96. The molecule has 4 aliphatic carbocycles. The first-order valence-electron chi connectivity index (χ1n) is 7.51. The van der Waals surface area contributed by atoms with Crippen molar-refractivity contribution < 1.29 is 0 Å². The minimum Gasteiger partial charge on any atom is -0.133 e. The molecule has 0 N–H and O–H groups in total. The molecule has 0 aliphatic heterocycles. The molecule has 19 heavy (non-hydrogen) atoms. The Bertz CT molecular complexity index is 467. The molecule has 4 bridgehead atoms. The summed E-state index contributed by atoms with van der Waals surface area (Å²) >= 11 is 12.4. The highest BCUT2D eigenvalue weighted by Crippen LogP contribution is 2.61. The number of aryl methyl sites for hydroxylation is 1. The smallest absolute Gasteiger partial charge is 0.0704 e. The van der Waals surface area contributed by atoms with E-state index in [1.54, 1.807) is 0 Å². The van der Waals surface area contributed by atoms with Crippen molar-refractivity contribution in [1.29, 1.82) is 0 Å². The lowest BCUT2D eigenvalue weighted by Crippen LogP contribution is -2.46. The van der Waals surface area contributed by atoms with E-state index in [1.165, 1.54) is 46.3 Å². The van der Waals surface area contributed by atoms with Crippen LogP contribution >= 0.6 is 38.9 Å². The van der Waals surface area contributed by atoms with Gasteiger partial charge < -0.3 is 0 Å². The van der Waals surface area contributed by atoms with E-state index in [-0.39, 0.29) is 5.38 Å². The molecule has 1 aromatic rings. The van der Waals surface area contributed by atoms with Crippen LogP contribution in [0.2, 0.25) is 0 Å². The Kier molecular flexibility index (Phi) is 3.28. The first-order valence-corrected chi connectivity index (χ1v) is 9.56. The van der Waals surface area contributed by atoms with Gasteiger partial charge in [-0.1, -0.05) is 0 Å². The van der Waals surface area contributed by atoms with Crippen molar-refractivity contribution in [3.63, 3.8) is 0 Å². The summed E-state index contributed by atoms with van der Waals surface area (Å²) in [6.45, 7) is 2.22. The molecular formula is C16H20BrClS. The summed E-state index contributed by atoms with van der Waals surface area (Å²) in [5, 5.41) is 0.248. The normalized spacial score (nSPS) is 41.7. The summed E-state index contributed by atoms with van der Waals surface area (Å²) in [4.78, 5) is 1.40. The van der Waals surface area contributed by atoms with E-state index in [1.807, 2.05) is 11.3 Å². The zero-order valence-electron chi connectivity index (χ0n) is 11.2. The van der Waals surface area contributed by atoms with E-state index >= 15 is 0 Å². The second kappa shape index (κ2) is 4.74. The van der Waals surface area contributed by atoms with Gasteiger partial charge in [0.1, 0.15) is 0 Å². The molecule has 104 valence electrons. The van der Waals surface area contributed by atoms with Gasteiger partial charge in [0.05, 0.1) is 9.16 Å². The van der Waals surface area contributed by atoms with Crippen LogP contribution in [0.25, 0.3) is 0 Å². The average molecular weight is 360 g/mol. The van der Waals surface area contributed by atoms with E-state index in [0.717, 1.165) is 29.6 Å². The zero-order chi connectivity index (χ0) is 13.1. The summed E-state index contributed by atoms with van der Waals surface area (Å²) in [5.74, 6) is 4.65. The van der Waals surface area contributed by atoms with Gasteiger partial charge in [0.25, 0.3) is 0 Å². The Labute approximate surface area is 133 Å². The number of halogens is 2. The molecular weight excluding hydrogens is 340 g/mol. The fourth-order valence-corrected chi connectivity index (χ4v) is 7.84. The topological polar surface area (TPSA) is 0 Å². The van der Waals surface area contributed by atoms with Crippen molar-refractivity contribution in [1.82, 2.24) is 0 Å². The molecule has 1 heterocycles. The lowest BCUT2D eigenvalue weighted by molar-refractivity contribution is -0.0381. The number of rotatable bonds is 2. The van der Waals surface area contributed by atoms with Crippen LogP contribution in [-0.4, -0.2) is 0 Å². The molecule has 1 aromatic heterocycles. The molecule has 0 amide bonds. The second-order valence-corrected chi connectivity index (χ2v) is 10.1. The SMILES string of the molecule is Cc1sc(Br)cc1C(Cl)C1C2CC3CC(C2)CC1C3. The number of hydrogen-bond donors (Lipinski definition) is 0. The molecule has 3 heteroatoms. The highest BCUT2D eigenvalue weighted by atomic mass is 79.9. The summed E-state index contributed by atoms with van der Waals surface area (Å²) < 4.78 is 1.23. The first kappa shape index (κ1) is 13.2. The minimum atomic E-state index is 0.248. The Hall–Kier alpha value is 0.470. The quantitative estimate of drug-likeness (QED) is 0.554. The largest absolute Gasteiger partial charge is 0.133 e. The van der Waals surface area contributed by atoms with E-state index in [0.29, 0.717) is 0 Å². The fourth-order valence-electron chi connectivity index (χ4n) is 5.38. The van der Waals surface area contributed by atoms with Crippen LogP contribution in [-0.2, 0) is 0 Å². The average Bonchev–Trinajstić information content (AvgIpc) is 2.66. The van der Waals surface area contributed by atoms with Gasteiger partial charge >= 0.3 is 0 Å². The lowest BCUT2D eigenvalue weighted by atomic mass is 9.51. The predicted octanol–water partition coefficient (Wildman–Crippen LogP) is 6.17. The van der Waals surface area contributed by atoms with Gasteiger partial charge in [0.2, 0.25) is 0 Å².